The van der Waals surface area contributed by atoms with Crippen LogP contribution < -0.4 is 9.62 Å². The summed E-state index contributed by atoms with van der Waals surface area (Å²) in [7, 11) is -4.19. The molecule has 0 aromatic heterocycles. The first-order valence-electron chi connectivity index (χ1n) is 13.7. The maximum atomic E-state index is 14.0. The lowest BCUT2D eigenvalue weighted by Crippen LogP contribution is -2.52. The monoisotopic (exact) mass is 599 g/mol. The second kappa shape index (κ2) is 13.0. The number of rotatable bonds is 10. The highest BCUT2D eigenvalue weighted by molar-refractivity contribution is 7.92. The molecule has 3 aromatic rings. The Morgan fingerprint density at radius 1 is 1.00 bits per heavy atom. The van der Waals surface area contributed by atoms with Gasteiger partial charge in [0.05, 0.1) is 10.6 Å². The Morgan fingerprint density at radius 3 is 2.24 bits per heavy atom. The first-order valence-corrected chi connectivity index (χ1v) is 15.5. The summed E-state index contributed by atoms with van der Waals surface area (Å²) in [6.07, 6.45) is 3.82. The van der Waals surface area contributed by atoms with Crippen LogP contribution in [-0.2, 0) is 26.2 Å². The van der Waals surface area contributed by atoms with E-state index in [9.17, 15) is 22.4 Å². The van der Waals surface area contributed by atoms with Crippen molar-refractivity contribution in [3.05, 3.63) is 94.3 Å². The van der Waals surface area contributed by atoms with Crippen molar-refractivity contribution >= 4 is 39.1 Å². The van der Waals surface area contributed by atoms with Crippen LogP contribution in [0, 0.1) is 19.7 Å². The normalized spacial score (nSPS) is 14.5. The summed E-state index contributed by atoms with van der Waals surface area (Å²) in [6, 6.07) is 16.0. The molecule has 10 heteroatoms. The summed E-state index contributed by atoms with van der Waals surface area (Å²) in [5.41, 5.74) is 2.36. The number of nitrogens with one attached hydrogen (secondary N) is 1. The average molecular weight is 600 g/mol. The van der Waals surface area contributed by atoms with Crippen molar-refractivity contribution in [2.45, 2.75) is 70.0 Å². The van der Waals surface area contributed by atoms with E-state index in [1.165, 1.54) is 29.2 Å². The first kappa shape index (κ1) is 30.5. The Morgan fingerprint density at radius 2 is 1.63 bits per heavy atom. The fourth-order valence-electron chi connectivity index (χ4n) is 5.01. The number of hydrogen-bond acceptors (Lipinski definition) is 4. The van der Waals surface area contributed by atoms with E-state index < -0.39 is 34.3 Å². The van der Waals surface area contributed by atoms with E-state index in [4.69, 9.17) is 11.6 Å². The van der Waals surface area contributed by atoms with E-state index in [0.717, 1.165) is 35.6 Å². The van der Waals surface area contributed by atoms with E-state index in [0.29, 0.717) is 21.8 Å². The number of sulfonamides is 1. The van der Waals surface area contributed by atoms with Crippen molar-refractivity contribution < 1.29 is 22.4 Å². The van der Waals surface area contributed by atoms with Crippen molar-refractivity contribution in [2.24, 2.45) is 0 Å². The molecule has 0 radical (unpaired) electrons. The highest BCUT2D eigenvalue weighted by Gasteiger charge is 2.34. The van der Waals surface area contributed by atoms with Crippen molar-refractivity contribution in [1.82, 2.24) is 10.2 Å². The molecule has 1 aliphatic carbocycles. The molecule has 41 heavy (non-hydrogen) atoms. The topological polar surface area (TPSA) is 86.8 Å². The Labute approximate surface area is 246 Å². The molecule has 0 aliphatic heterocycles. The minimum atomic E-state index is -4.19. The zero-order valence-corrected chi connectivity index (χ0v) is 25.0. The number of nitrogens with zero attached hydrogens (tertiary/aromatic N) is 2. The largest absolute Gasteiger partial charge is 0.352 e. The maximum Gasteiger partial charge on any atom is 0.264 e. The number of halogens is 2. The van der Waals surface area contributed by atoms with E-state index in [-0.39, 0.29) is 23.4 Å². The number of amides is 2. The van der Waals surface area contributed by atoms with Gasteiger partial charge < -0.3 is 10.2 Å². The molecule has 7 nitrogen and oxygen atoms in total. The summed E-state index contributed by atoms with van der Waals surface area (Å²) in [5.74, 6) is -1.32. The number of anilines is 1. The number of hydrogen-bond donors (Lipinski definition) is 1. The molecule has 1 N–H and O–H groups in total. The summed E-state index contributed by atoms with van der Waals surface area (Å²) >= 11 is 6.16. The molecule has 1 fully saturated rings. The molecule has 1 aliphatic rings. The van der Waals surface area contributed by atoms with Gasteiger partial charge in [-0.2, -0.15) is 0 Å². The van der Waals surface area contributed by atoms with Gasteiger partial charge in [0.1, 0.15) is 18.4 Å². The Balaban J connectivity index is 1.70. The summed E-state index contributed by atoms with van der Waals surface area (Å²) < 4.78 is 42.6. The van der Waals surface area contributed by atoms with Crippen molar-refractivity contribution in [3.63, 3.8) is 0 Å². The molecule has 2 amide bonds. The van der Waals surface area contributed by atoms with Gasteiger partial charge in [-0.1, -0.05) is 54.3 Å². The van der Waals surface area contributed by atoms with E-state index in [1.807, 2.05) is 6.92 Å². The SMILES string of the molecule is Cc1ccc(S(=O)(=O)N(CC(=O)N(Cc2ccc(F)cc2)C(C)C(=O)NC2CCCC2)c2ccc(Cl)cc2C)cc1. The second-order valence-corrected chi connectivity index (χ2v) is 12.9. The van der Waals surface area contributed by atoms with Crippen LogP contribution in [0.2, 0.25) is 5.02 Å². The standard InChI is InChI=1S/C31H35ClFN3O4S/c1-21-8-15-28(16-9-21)41(39,40)36(29-17-12-25(32)18-22(29)2)20-30(37)35(19-24-10-13-26(33)14-11-24)23(3)31(38)34-27-6-4-5-7-27/h8-18,23,27H,4-7,19-20H2,1-3H3,(H,34,38). The Kier molecular flexibility index (Phi) is 9.71. The lowest BCUT2D eigenvalue weighted by molar-refractivity contribution is -0.139. The number of carbonyl (C=O) groups excluding carboxylic acids is 2. The van der Waals surface area contributed by atoms with Crippen LogP contribution in [0.15, 0.2) is 71.6 Å². The summed E-state index contributed by atoms with van der Waals surface area (Å²) in [6.45, 7) is 4.64. The fraction of sp³-hybridized carbons (Fsp3) is 0.355. The van der Waals surface area contributed by atoms with Crippen LogP contribution in [0.4, 0.5) is 10.1 Å². The molecular formula is C31H35ClFN3O4S. The van der Waals surface area contributed by atoms with Crippen LogP contribution in [-0.4, -0.2) is 43.8 Å². The van der Waals surface area contributed by atoms with Gasteiger partial charge in [-0.25, -0.2) is 12.8 Å². The van der Waals surface area contributed by atoms with Gasteiger partial charge in [0.2, 0.25) is 11.8 Å². The number of aryl methyl sites for hydroxylation is 2. The van der Waals surface area contributed by atoms with E-state index >= 15 is 0 Å². The zero-order valence-electron chi connectivity index (χ0n) is 23.4. The van der Waals surface area contributed by atoms with Gasteiger partial charge in [0, 0.05) is 17.6 Å². The van der Waals surface area contributed by atoms with Crippen LogP contribution in [0.1, 0.15) is 49.3 Å². The zero-order chi connectivity index (χ0) is 29.7. The lowest BCUT2D eigenvalue weighted by Gasteiger charge is -2.33. The van der Waals surface area contributed by atoms with Crippen LogP contribution in [0.25, 0.3) is 0 Å². The van der Waals surface area contributed by atoms with Gasteiger partial charge in [-0.15, -0.1) is 0 Å². The van der Waals surface area contributed by atoms with Gasteiger partial charge >= 0.3 is 0 Å². The van der Waals surface area contributed by atoms with E-state index in [2.05, 4.69) is 5.32 Å². The maximum absolute atomic E-state index is 14.0. The third-order valence-electron chi connectivity index (χ3n) is 7.45. The molecule has 1 saturated carbocycles. The van der Waals surface area contributed by atoms with Crippen molar-refractivity contribution in [3.8, 4) is 0 Å². The van der Waals surface area contributed by atoms with E-state index in [1.54, 1.807) is 56.3 Å². The lowest BCUT2D eigenvalue weighted by atomic mass is 10.1. The molecule has 0 spiro atoms. The third kappa shape index (κ3) is 7.45. The van der Waals surface area contributed by atoms with Gasteiger partial charge in [-0.05, 0) is 87.2 Å². The molecule has 0 heterocycles. The fourth-order valence-corrected chi connectivity index (χ4v) is 6.72. The molecule has 1 atom stereocenters. The minimum Gasteiger partial charge on any atom is -0.352 e. The van der Waals surface area contributed by atoms with Gasteiger partial charge in [-0.3, -0.25) is 13.9 Å². The molecule has 0 saturated heterocycles. The van der Waals surface area contributed by atoms with Crippen LogP contribution in [0.3, 0.4) is 0 Å². The molecule has 3 aromatic carbocycles. The smallest absolute Gasteiger partial charge is 0.264 e. The van der Waals surface area contributed by atoms with Crippen molar-refractivity contribution in [2.75, 3.05) is 10.8 Å². The number of carbonyl (C=O) groups is 2. The van der Waals surface area contributed by atoms with Crippen LogP contribution in [0.5, 0.6) is 0 Å². The molecular weight excluding hydrogens is 565 g/mol. The quantitative estimate of drug-likeness (QED) is 0.321. The van der Waals surface area contributed by atoms with Gasteiger partial charge in [0.15, 0.2) is 0 Å². The van der Waals surface area contributed by atoms with Crippen LogP contribution >= 0.6 is 11.6 Å². The highest BCUT2D eigenvalue weighted by atomic mass is 35.5. The second-order valence-electron chi connectivity index (χ2n) is 10.6. The Bertz CT molecular complexity index is 1490. The third-order valence-corrected chi connectivity index (χ3v) is 9.46. The van der Waals surface area contributed by atoms with Gasteiger partial charge in [0.25, 0.3) is 10.0 Å². The molecule has 0 bridgehead atoms. The molecule has 218 valence electrons. The Hall–Kier alpha value is -3.43. The predicted molar refractivity (Wildman–Crippen MR) is 159 cm³/mol. The first-order chi connectivity index (χ1) is 19.5. The molecule has 1 unspecified atom stereocenters. The minimum absolute atomic E-state index is 0.00359. The summed E-state index contributed by atoms with van der Waals surface area (Å²) in [4.78, 5) is 28.7. The summed E-state index contributed by atoms with van der Waals surface area (Å²) in [5, 5.41) is 3.46. The molecule has 4 rings (SSSR count). The number of benzene rings is 3. The predicted octanol–water partition coefficient (Wildman–Crippen LogP) is 5.77. The average Bonchev–Trinajstić information content (AvgIpc) is 3.44. The highest BCUT2D eigenvalue weighted by Crippen LogP contribution is 2.29. The van der Waals surface area contributed by atoms with Crippen molar-refractivity contribution in [1.29, 1.82) is 0 Å².